The van der Waals surface area contributed by atoms with E-state index in [4.69, 9.17) is 5.73 Å². The summed E-state index contributed by atoms with van der Waals surface area (Å²) in [6.45, 7) is 2.17. The molecule has 1 heterocycles. The van der Waals surface area contributed by atoms with Gasteiger partial charge in [0, 0.05) is 12.6 Å². The van der Waals surface area contributed by atoms with E-state index in [1.54, 1.807) is 6.92 Å². The molecule has 0 saturated carbocycles. The van der Waals surface area contributed by atoms with Crippen LogP contribution in [0.25, 0.3) is 0 Å². The molecular formula is C6H9N3O. The molecule has 0 aliphatic rings. The fraction of sp³-hybridized carbons (Fsp3) is 0.333. The number of nitrogens with one attached hydrogen (secondary N) is 1. The summed E-state index contributed by atoms with van der Waals surface area (Å²) in [5, 5.41) is 6.05. The van der Waals surface area contributed by atoms with Crippen molar-refractivity contribution < 1.29 is 0 Å². The van der Waals surface area contributed by atoms with Crippen molar-refractivity contribution in [2.45, 2.75) is 13.5 Å². The summed E-state index contributed by atoms with van der Waals surface area (Å²) < 4.78 is 0. The van der Waals surface area contributed by atoms with Crippen LogP contribution < -0.4 is 11.3 Å². The predicted octanol–water partition coefficient (Wildman–Crippen LogP) is -0.463. The zero-order valence-electron chi connectivity index (χ0n) is 5.72. The second kappa shape index (κ2) is 2.62. The highest BCUT2D eigenvalue weighted by Crippen LogP contribution is 1.95. The molecule has 0 radical (unpaired) electrons. The summed E-state index contributed by atoms with van der Waals surface area (Å²) in [7, 11) is 0. The molecule has 4 heteroatoms. The van der Waals surface area contributed by atoms with E-state index in [9.17, 15) is 4.79 Å². The molecule has 1 rings (SSSR count). The van der Waals surface area contributed by atoms with Crippen molar-refractivity contribution in [1.29, 1.82) is 0 Å². The Bertz CT molecular complexity index is 279. The van der Waals surface area contributed by atoms with Gasteiger partial charge in [-0.05, 0) is 12.5 Å². The topological polar surface area (TPSA) is 71.8 Å². The maximum absolute atomic E-state index is 10.6. The minimum absolute atomic E-state index is 0.203. The van der Waals surface area contributed by atoms with Crippen molar-refractivity contribution in [2.24, 2.45) is 5.73 Å². The summed E-state index contributed by atoms with van der Waals surface area (Å²) in [6, 6.07) is 1.46. The van der Waals surface area contributed by atoms with Crippen molar-refractivity contribution in [1.82, 2.24) is 10.2 Å². The number of aromatic amines is 1. The quantitative estimate of drug-likeness (QED) is 0.552. The Morgan fingerprint density at radius 3 is 3.00 bits per heavy atom. The molecule has 0 spiro atoms. The maximum Gasteiger partial charge on any atom is 0.264 e. The predicted molar refractivity (Wildman–Crippen MR) is 37.5 cm³/mol. The minimum atomic E-state index is -0.203. The van der Waals surface area contributed by atoms with E-state index >= 15 is 0 Å². The Labute approximate surface area is 58.1 Å². The van der Waals surface area contributed by atoms with Gasteiger partial charge in [-0.1, -0.05) is 0 Å². The summed E-state index contributed by atoms with van der Waals surface area (Å²) in [5.74, 6) is 0. The molecule has 10 heavy (non-hydrogen) atoms. The third kappa shape index (κ3) is 1.22. The minimum Gasteiger partial charge on any atom is -0.326 e. The monoisotopic (exact) mass is 139 g/mol. The number of H-pyrrole nitrogens is 1. The van der Waals surface area contributed by atoms with Crippen LogP contribution in [0.15, 0.2) is 10.9 Å². The van der Waals surface area contributed by atoms with Gasteiger partial charge in [-0.15, -0.1) is 0 Å². The van der Waals surface area contributed by atoms with Crippen LogP contribution in [0, 0.1) is 6.92 Å². The SMILES string of the molecule is Cc1n[nH]c(=O)cc1CN. The van der Waals surface area contributed by atoms with E-state index in [2.05, 4.69) is 10.2 Å². The van der Waals surface area contributed by atoms with Crippen LogP contribution >= 0.6 is 0 Å². The first-order valence-electron chi connectivity index (χ1n) is 2.99. The Morgan fingerprint density at radius 2 is 2.50 bits per heavy atom. The van der Waals surface area contributed by atoms with E-state index in [1.165, 1.54) is 6.07 Å². The van der Waals surface area contributed by atoms with E-state index in [-0.39, 0.29) is 5.56 Å². The maximum atomic E-state index is 10.6. The number of nitrogens with two attached hydrogens (primary N) is 1. The van der Waals surface area contributed by atoms with Crippen LogP contribution in [-0.2, 0) is 6.54 Å². The van der Waals surface area contributed by atoms with Gasteiger partial charge < -0.3 is 5.73 Å². The fourth-order valence-electron chi connectivity index (χ4n) is 0.712. The second-order valence-electron chi connectivity index (χ2n) is 2.05. The number of rotatable bonds is 1. The molecule has 0 saturated heterocycles. The lowest BCUT2D eigenvalue weighted by molar-refractivity contribution is 0.894. The lowest BCUT2D eigenvalue weighted by atomic mass is 10.2. The van der Waals surface area contributed by atoms with E-state index < -0.39 is 0 Å². The summed E-state index contributed by atoms with van der Waals surface area (Å²) in [6.07, 6.45) is 0. The molecule has 0 fully saturated rings. The highest BCUT2D eigenvalue weighted by molar-refractivity contribution is 5.14. The number of aromatic nitrogens is 2. The highest BCUT2D eigenvalue weighted by atomic mass is 16.1. The first kappa shape index (κ1) is 6.95. The molecule has 1 aromatic heterocycles. The van der Waals surface area contributed by atoms with Crippen LogP contribution in [0.2, 0.25) is 0 Å². The van der Waals surface area contributed by atoms with Gasteiger partial charge in [0.2, 0.25) is 0 Å². The smallest absolute Gasteiger partial charge is 0.264 e. The second-order valence-corrected chi connectivity index (χ2v) is 2.05. The zero-order valence-corrected chi connectivity index (χ0v) is 5.72. The van der Waals surface area contributed by atoms with Gasteiger partial charge in [-0.25, -0.2) is 5.10 Å². The third-order valence-electron chi connectivity index (χ3n) is 1.32. The van der Waals surface area contributed by atoms with Crippen LogP contribution in [0.3, 0.4) is 0 Å². The van der Waals surface area contributed by atoms with E-state index in [1.807, 2.05) is 0 Å². The van der Waals surface area contributed by atoms with Crippen LogP contribution in [0.5, 0.6) is 0 Å². The van der Waals surface area contributed by atoms with Gasteiger partial charge in [0.05, 0.1) is 5.69 Å². The van der Waals surface area contributed by atoms with E-state index in [0.29, 0.717) is 6.54 Å². The van der Waals surface area contributed by atoms with Crippen molar-refractivity contribution in [3.05, 3.63) is 27.7 Å². The molecule has 0 bridgehead atoms. The number of hydrogen-bond acceptors (Lipinski definition) is 3. The summed E-state index contributed by atoms with van der Waals surface area (Å²) >= 11 is 0. The average Bonchev–Trinajstić information content (AvgIpc) is 1.94. The molecule has 4 nitrogen and oxygen atoms in total. The molecule has 0 amide bonds. The first-order valence-corrected chi connectivity index (χ1v) is 2.99. The fourth-order valence-corrected chi connectivity index (χ4v) is 0.712. The van der Waals surface area contributed by atoms with Crippen LogP contribution in [0.4, 0.5) is 0 Å². The Morgan fingerprint density at radius 1 is 1.80 bits per heavy atom. The Kier molecular flexibility index (Phi) is 1.82. The number of aryl methyl sites for hydroxylation is 1. The number of nitrogens with zero attached hydrogens (tertiary/aromatic N) is 1. The molecule has 0 aliphatic carbocycles. The van der Waals surface area contributed by atoms with Crippen molar-refractivity contribution in [3.63, 3.8) is 0 Å². The van der Waals surface area contributed by atoms with Crippen molar-refractivity contribution in [2.75, 3.05) is 0 Å². The Hall–Kier alpha value is -1.16. The first-order chi connectivity index (χ1) is 4.74. The third-order valence-corrected chi connectivity index (χ3v) is 1.32. The van der Waals surface area contributed by atoms with Gasteiger partial charge in [0.15, 0.2) is 0 Å². The van der Waals surface area contributed by atoms with Crippen molar-refractivity contribution >= 4 is 0 Å². The summed E-state index contributed by atoms with van der Waals surface area (Å²) in [4.78, 5) is 10.6. The molecular weight excluding hydrogens is 130 g/mol. The lowest BCUT2D eigenvalue weighted by Crippen LogP contribution is -2.12. The normalized spacial score (nSPS) is 9.80. The number of hydrogen-bond donors (Lipinski definition) is 2. The van der Waals surface area contributed by atoms with Gasteiger partial charge in [-0.2, -0.15) is 5.10 Å². The Balaban J connectivity index is 3.22. The summed E-state index contributed by atoms with van der Waals surface area (Å²) in [5.41, 5.74) is 6.70. The molecule has 0 aromatic carbocycles. The van der Waals surface area contributed by atoms with Gasteiger partial charge in [0.25, 0.3) is 5.56 Å². The molecule has 54 valence electrons. The molecule has 1 aromatic rings. The van der Waals surface area contributed by atoms with Gasteiger partial charge in [-0.3, -0.25) is 4.79 Å². The molecule has 0 unspecified atom stereocenters. The average molecular weight is 139 g/mol. The largest absolute Gasteiger partial charge is 0.326 e. The van der Waals surface area contributed by atoms with Gasteiger partial charge >= 0.3 is 0 Å². The van der Waals surface area contributed by atoms with Crippen LogP contribution in [-0.4, -0.2) is 10.2 Å². The van der Waals surface area contributed by atoms with Crippen LogP contribution in [0.1, 0.15) is 11.3 Å². The van der Waals surface area contributed by atoms with Gasteiger partial charge in [0.1, 0.15) is 0 Å². The highest BCUT2D eigenvalue weighted by Gasteiger charge is 1.95. The van der Waals surface area contributed by atoms with Crippen molar-refractivity contribution in [3.8, 4) is 0 Å². The lowest BCUT2D eigenvalue weighted by Gasteiger charge is -1.96. The molecule has 0 aliphatic heterocycles. The molecule has 0 atom stereocenters. The zero-order chi connectivity index (χ0) is 7.56. The van der Waals surface area contributed by atoms with E-state index in [0.717, 1.165) is 11.3 Å². The standard InChI is InChI=1S/C6H9N3O/c1-4-5(3-7)2-6(10)9-8-4/h2H,3,7H2,1H3,(H,9,10). The molecule has 3 N–H and O–H groups in total.